The fourth-order valence-electron chi connectivity index (χ4n) is 1.77. The van der Waals surface area contributed by atoms with E-state index in [1.165, 1.54) is 11.9 Å². The lowest BCUT2D eigenvalue weighted by Crippen LogP contribution is -2.27. The highest BCUT2D eigenvalue weighted by Crippen LogP contribution is 2.16. The summed E-state index contributed by atoms with van der Waals surface area (Å²) in [4.78, 5) is 16.6. The van der Waals surface area contributed by atoms with Crippen molar-refractivity contribution in [1.82, 2.24) is 9.88 Å². The third-order valence-electron chi connectivity index (χ3n) is 2.73. The van der Waals surface area contributed by atoms with E-state index < -0.39 is 17.7 Å². The zero-order chi connectivity index (χ0) is 14.7. The van der Waals surface area contributed by atoms with Gasteiger partial charge in [0.05, 0.1) is 5.56 Å². The average molecular weight is 341 g/mol. The van der Waals surface area contributed by atoms with Crippen LogP contribution in [-0.2, 0) is 6.54 Å². The maximum absolute atomic E-state index is 13.5. The third kappa shape index (κ3) is 3.19. The van der Waals surface area contributed by atoms with Gasteiger partial charge in [0.25, 0.3) is 5.91 Å². The molecule has 0 spiro atoms. The van der Waals surface area contributed by atoms with Crippen molar-refractivity contribution < 1.29 is 13.6 Å². The SMILES string of the molecule is CN(Cc1cccc(Br)c1)C(=O)c1ccnc(F)c1F. The summed E-state index contributed by atoms with van der Waals surface area (Å²) in [5.74, 6) is -3.09. The second kappa shape index (κ2) is 6.09. The van der Waals surface area contributed by atoms with E-state index in [2.05, 4.69) is 20.9 Å². The first-order valence-corrected chi connectivity index (χ1v) is 6.58. The van der Waals surface area contributed by atoms with Crippen LogP contribution in [-0.4, -0.2) is 22.8 Å². The average Bonchev–Trinajstić information content (AvgIpc) is 2.41. The maximum Gasteiger partial charge on any atom is 0.257 e. The molecule has 0 N–H and O–H groups in total. The Labute approximate surface area is 123 Å². The number of hydrogen-bond acceptors (Lipinski definition) is 2. The number of aromatic nitrogens is 1. The Bertz CT molecular complexity index is 649. The molecule has 3 nitrogen and oxygen atoms in total. The predicted octanol–water partition coefficient (Wildman–Crippen LogP) is 3.39. The van der Waals surface area contributed by atoms with Crippen LogP contribution in [0.4, 0.5) is 8.78 Å². The van der Waals surface area contributed by atoms with Crippen LogP contribution < -0.4 is 0 Å². The smallest absolute Gasteiger partial charge is 0.257 e. The van der Waals surface area contributed by atoms with Gasteiger partial charge in [-0.1, -0.05) is 28.1 Å². The Balaban J connectivity index is 2.19. The Kier molecular flexibility index (Phi) is 4.44. The van der Waals surface area contributed by atoms with Crippen LogP contribution >= 0.6 is 15.9 Å². The maximum atomic E-state index is 13.5. The number of pyridine rings is 1. The Morgan fingerprint density at radius 1 is 1.35 bits per heavy atom. The van der Waals surface area contributed by atoms with Gasteiger partial charge in [0, 0.05) is 24.3 Å². The van der Waals surface area contributed by atoms with Gasteiger partial charge in [-0.15, -0.1) is 0 Å². The van der Waals surface area contributed by atoms with Gasteiger partial charge in [-0.3, -0.25) is 4.79 Å². The van der Waals surface area contributed by atoms with Crippen molar-refractivity contribution in [2.24, 2.45) is 0 Å². The number of hydrogen-bond donors (Lipinski definition) is 0. The summed E-state index contributed by atoms with van der Waals surface area (Å²) >= 11 is 3.33. The zero-order valence-corrected chi connectivity index (χ0v) is 12.2. The minimum absolute atomic E-state index is 0.293. The van der Waals surface area contributed by atoms with Crippen LogP contribution in [0.3, 0.4) is 0 Å². The van der Waals surface area contributed by atoms with Gasteiger partial charge in [0.2, 0.25) is 5.95 Å². The van der Waals surface area contributed by atoms with Crippen LogP contribution in [0.5, 0.6) is 0 Å². The lowest BCUT2D eigenvalue weighted by molar-refractivity contribution is 0.0779. The Hall–Kier alpha value is -1.82. The van der Waals surface area contributed by atoms with Crippen LogP contribution in [0.2, 0.25) is 0 Å². The van der Waals surface area contributed by atoms with E-state index in [-0.39, 0.29) is 5.56 Å². The molecule has 0 bridgehead atoms. The van der Waals surface area contributed by atoms with Crippen LogP contribution in [0.15, 0.2) is 41.0 Å². The molecule has 0 aliphatic rings. The fourth-order valence-corrected chi connectivity index (χ4v) is 2.22. The molecule has 0 aliphatic heterocycles. The van der Waals surface area contributed by atoms with Gasteiger partial charge in [-0.2, -0.15) is 4.39 Å². The van der Waals surface area contributed by atoms with E-state index in [1.807, 2.05) is 24.3 Å². The lowest BCUT2D eigenvalue weighted by atomic mass is 10.2. The van der Waals surface area contributed by atoms with Crippen molar-refractivity contribution in [3.8, 4) is 0 Å². The van der Waals surface area contributed by atoms with E-state index in [1.54, 1.807) is 0 Å². The van der Waals surface area contributed by atoms with Crippen LogP contribution in [0.25, 0.3) is 0 Å². The summed E-state index contributed by atoms with van der Waals surface area (Å²) in [6.45, 7) is 0.293. The van der Waals surface area contributed by atoms with E-state index >= 15 is 0 Å². The molecular formula is C14H11BrF2N2O. The molecule has 20 heavy (non-hydrogen) atoms. The summed E-state index contributed by atoms with van der Waals surface area (Å²) < 4.78 is 27.4. The second-order valence-electron chi connectivity index (χ2n) is 4.25. The molecule has 1 aromatic heterocycles. The van der Waals surface area contributed by atoms with Crippen molar-refractivity contribution in [3.05, 3.63) is 63.9 Å². The van der Waals surface area contributed by atoms with Gasteiger partial charge in [0.15, 0.2) is 5.82 Å². The normalized spacial score (nSPS) is 10.4. The van der Waals surface area contributed by atoms with Gasteiger partial charge in [0.1, 0.15) is 0 Å². The fraction of sp³-hybridized carbons (Fsp3) is 0.143. The number of amides is 1. The Morgan fingerprint density at radius 2 is 2.10 bits per heavy atom. The number of benzene rings is 1. The highest BCUT2D eigenvalue weighted by atomic mass is 79.9. The van der Waals surface area contributed by atoms with Gasteiger partial charge in [-0.05, 0) is 23.8 Å². The molecule has 1 heterocycles. The van der Waals surface area contributed by atoms with E-state index in [9.17, 15) is 13.6 Å². The van der Waals surface area contributed by atoms with Gasteiger partial charge < -0.3 is 4.90 Å². The summed E-state index contributed by atoms with van der Waals surface area (Å²) in [5.41, 5.74) is 0.556. The number of rotatable bonds is 3. The first kappa shape index (κ1) is 14.6. The molecule has 0 radical (unpaired) electrons. The molecule has 2 aromatic rings. The summed E-state index contributed by atoms with van der Waals surface area (Å²) in [7, 11) is 1.53. The molecule has 1 aromatic carbocycles. The monoisotopic (exact) mass is 340 g/mol. The van der Waals surface area contributed by atoms with Crippen molar-refractivity contribution in [1.29, 1.82) is 0 Å². The highest BCUT2D eigenvalue weighted by molar-refractivity contribution is 9.10. The second-order valence-corrected chi connectivity index (χ2v) is 5.17. The summed E-state index contributed by atoms with van der Waals surface area (Å²) in [6.07, 6.45) is 1.07. The molecule has 104 valence electrons. The van der Waals surface area contributed by atoms with Crippen LogP contribution in [0, 0.1) is 11.8 Å². The number of halogens is 3. The molecule has 0 saturated heterocycles. The predicted molar refractivity (Wildman–Crippen MR) is 74.1 cm³/mol. The van der Waals surface area contributed by atoms with Crippen LogP contribution in [0.1, 0.15) is 15.9 Å². The molecule has 0 saturated carbocycles. The molecule has 1 amide bonds. The first-order valence-electron chi connectivity index (χ1n) is 5.79. The van der Waals surface area contributed by atoms with Crippen molar-refractivity contribution >= 4 is 21.8 Å². The van der Waals surface area contributed by atoms with Crippen molar-refractivity contribution in [2.45, 2.75) is 6.54 Å². The standard InChI is InChI=1S/C14H11BrF2N2O/c1-19(8-9-3-2-4-10(15)7-9)14(20)11-5-6-18-13(17)12(11)16/h2-7H,8H2,1H3. The van der Waals surface area contributed by atoms with Crippen molar-refractivity contribution in [3.63, 3.8) is 0 Å². The number of carbonyl (C=O) groups excluding carboxylic acids is 1. The van der Waals surface area contributed by atoms with Gasteiger partial charge >= 0.3 is 0 Å². The van der Waals surface area contributed by atoms with E-state index in [4.69, 9.17) is 0 Å². The Morgan fingerprint density at radius 3 is 2.80 bits per heavy atom. The molecular weight excluding hydrogens is 330 g/mol. The minimum Gasteiger partial charge on any atom is -0.337 e. The largest absolute Gasteiger partial charge is 0.337 e. The molecule has 6 heteroatoms. The third-order valence-corrected chi connectivity index (χ3v) is 3.23. The quantitative estimate of drug-likeness (QED) is 0.802. The van der Waals surface area contributed by atoms with E-state index in [0.717, 1.165) is 22.3 Å². The molecule has 0 unspecified atom stereocenters. The van der Waals surface area contributed by atoms with E-state index in [0.29, 0.717) is 6.54 Å². The first-order chi connectivity index (χ1) is 9.49. The highest BCUT2D eigenvalue weighted by Gasteiger charge is 2.19. The summed E-state index contributed by atoms with van der Waals surface area (Å²) in [5, 5.41) is 0. The number of nitrogens with zero attached hydrogens (tertiary/aromatic N) is 2. The molecule has 2 rings (SSSR count). The molecule has 0 atom stereocenters. The topological polar surface area (TPSA) is 33.2 Å². The molecule has 0 aliphatic carbocycles. The number of carbonyl (C=O) groups is 1. The minimum atomic E-state index is -1.27. The molecule has 0 fully saturated rings. The van der Waals surface area contributed by atoms with Crippen molar-refractivity contribution in [2.75, 3.05) is 7.05 Å². The lowest BCUT2D eigenvalue weighted by Gasteiger charge is -2.17. The zero-order valence-electron chi connectivity index (χ0n) is 10.6. The summed E-state index contributed by atoms with van der Waals surface area (Å²) in [6, 6.07) is 8.57. The van der Waals surface area contributed by atoms with Gasteiger partial charge in [-0.25, -0.2) is 9.37 Å².